The Morgan fingerprint density at radius 2 is 1.77 bits per heavy atom. The summed E-state index contributed by atoms with van der Waals surface area (Å²) in [6.45, 7) is 1.30. The molecule has 0 aliphatic rings. The van der Waals surface area contributed by atoms with Gasteiger partial charge in [-0.25, -0.2) is 0 Å². The largest absolute Gasteiger partial charge is 0.455 e. The van der Waals surface area contributed by atoms with E-state index in [0.717, 1.165) is 0 Å². The SMILES string of the molecule is C[C@H](Sc1ccc([N+](=O)[O-])cc1)C(=O)OCC(=O)N(C)c1ccccc1. The van der Waals surface area contributed by atoms with Crippen LogP contribution in [0.5, 0.6) is 0 Å². The summed E-state index contributed by atoms with van der Waals surface area (Å²) in [5.74, 6) is -0.861. The van der Waals surface area contributed by atoms with Gasteiger partial charge >= 0.3 is 5.97 Å². The zero-order valence-corrected chi connectivity index (χ0v) is 15.1. The monoisotopic (exact) mass is 374 g/mol. The van der Waals surface area contributed by atoms with Crippen LogP contribution in [0.15, 0.2) is 59.5 Å². The summed E-state index contributed by atoms with van der Waals surface area (Å²) in [5.41, 5.74) is 0.695. The maximum atomic E-state index is 12.1. The van der Waals surface area contributed by atoms with Crippen LogP contribution in [-0.4, -0.2) is 35.7 Å². The van der Waals surface area contributed by atoms with Crippen LogP contribution in [0.4, 0.5) is 11.4 Å². The highest BCUT2D eigenvalue weighted by molar-refractivity contribution is 8.00. The predicted molar refractivity (Wildman–Crippen MR) is 99.2 cm³/mol. The van der Waals surface area contributed by atoms with Crippen LogP contribution in [0.1, 0.15) is 6.92 Å². The van der Waals surface area contributed by atoms with Gasteiger partial charge in [0.1, 0.15) is 5.25 Å². The molecule has 0 saturated heterocycles. The summed E-state index contributed by atoms with van der Waals surface area (Å²) in [6.07, 6.45) is 0. The van der Waals surface area contributed by atoms with E-state index in [4.69, 9.17) is 4.74 Å². The number of benzene rings is 2. The number of non-ortho nitro benzene ring substituents is 1. The Bertz CT molecular complexity index is 780. The highest BCUT2D eigenvalue weighted by Gasteiger charge is 2.19. The summed E-state index contributed by atoms with van der Waals surface area (Å²) in [6, 6.07) is 14.9. The van der Waals surface area contributed by atoms with Crippen LogP contribution in [-0.2, 0) is 14.3 Å². The van der Waals surface area contributed by atoms with Gasteiger partial charge in [0, 0.05) is 29.8 Å². The predicted octanol–water partition coefficient (Wildman–Crippen LogP) is 3.28. The first-order valence-electron chi connectivity index (χ1n) is 7.78. The van der Waals surface area contributed by atoms with Crippen molar-refractivity contribution in [3.63, 3.8) is 0 Å². The van der Waals surface area contributed by atoms with Gasteiger partial charge < -0.3 is 9.64 Å². The van der Waals surface area contributed by atoms with Gasteiger partial charge in [-0.1, -0.05) is 18.2 Å². The second-order valence-electron chi connectivity index (χ2n) is 5.41. The second kappa shape index (κ2) is 9.00. The third kappa shape index (κ3) is 5.32. The molecule has 0 aliphatic carbocycles. The van der Waals surface area contributed by atoms with Gasteiger partial charge in [-0.05, 0) is 31.2 Å². The maximum absolute atomic E-state index is 12.1. The number of esters is 1. The van der Waals surface area contributed by atoms with Gasteiger partial charge in [0.05, 0.1) is 4.92 Å². The fraction of sp³-hybridized carbons (Fsp3) is 0.222. The molecular weight excluding hydrogens is 356 g/mol. The molecular formula is C18H18N2O5S. The van der Waals surface area contributed by atoms with Crippen LogP contribution in [0.3, 0.4) is 0 Å². The highest BCUT2D eigenvalue weighted by atomic mass is 32.2. The van der Waals surface area contributed by atoms with E-state index in [-0.39, 0.29) is 18.2 Å². The summed E-state index contributed by atoms with van der Waals surface area (Å²) in [5, 5.41) is 10.1. The lowest BCUT2D eigenvalue weighted by molar-refractivity contribution is -0.384. The summed E-state index contributed by atoms with van der Waals surface area (Å²) in [7, 11) is 1.61. The Kier molecular flexibility index (Phi) is 6.74. The van der Waals surface area contributed by atoms with E-state index in [2.05, 4.69) is 0 Å². The molecule has 26 heavy (non-hydrogen) atoms. The first kappa shape index (κ1) is 19.5. The number of likely N-dealkylation sites (N-methyl/N-ethyl adjacent to an activating group) is 1. The lowest BCUT2D eigenvalue weighted by Crippen LogP contribution is -2.32. The number of thioether (sulfide) groups is 1. The standard InChI is InChI=1S/C18H18N2O5S/c1-13(26-16-10-8-15(9-11-16)20(23)24)18(22)25-12-17(21)19(2)14-6-4-3-5-7-14/h3-11,13H,12H2,1-2H3/t13-/m0/s1. The molecule has 2 rings (SSSR count). The topological polar surface area (TPSA) is 89.7 Å². The van der Waals surface area contributed by atoms with E-state index in [0.29, 0.717) is 10.6 Å². The summed E-state index contributed by atoms with van der Waals surface area (Å²) < 4.78 is 5.08. The first-order valence-corrected chi connectivity index (χ1v) is 8.66. The molecule has 0 heterocycles. The molecule has 0 radical (unpaired) electrons. The average molecular weight is 374 g/mol. The number of nitro benzene ring substituents is 1. The molecule has 2 aromatic rings. The van der Waals surface area contributed by atoms with Crippen LogP contribution in [0, 0.1) is 10.1 Å². The number of carbonyl (C=O) groups excluding carboxylic acids is 2. The Balaban J connectivity index is 1.84. The molecule has 0 fully saturated rings. The van der Waals surface area contributed by atoms with Gasteiger partial charge in [-0.2, -0.15) is 0 Å². The molecule has 7 nitrogen and oxygen atoms in total. The minimum absolute atomic E-state index is 0.0147. The van der Waals surface area contributed by atoms with Crippen LogP contribution in [0.25, 0.3) is 0 Å². The Labute approximate surface area is 155 Å². The number of nitro groups is 1. The molecule has 136 valence electrons. The number of amides is 1. The number of carbonyl (C=O) groups is 2. The zero-order chi connectivity index (χ0) is 19.1. The van der Waals surface area contributed by atoms with E-state index in [1.807, 2.05) is 18.2 Å². The van der Waals surface area contributed by atoms with Crippen molar-refractivity contribution in [2.24, 2.45) is 0 Å². The first-order chi connectivity index (χ1) is 12.4. The third-order valence-corrected chi connectivity index (χ3v) is 4.64. The number of rotatable bonds is 7. The van der Waals surface area contributed by atoms with Gasteiger partial charge in [0.2, 0.25) is 0 Å². The van der Waals surface area contributed by atoms with Crippen LogP contribution in [0.2, 0.25) is 0 Å². The van der Waals surface area contributed by atoms with Gasteiger partial charge in [-0.15, -0.1) is 11.8 Å². The van der Waals surface area contributed by atoms with Crippen LogP contribution < -0.4 is 4.90 Å². The quantitative estimate of drug-likeness (QED) is 0.320. The molecule has 0 unspecified atom stereocenters. The number of hydrogen-bond donors (Lipinski definition) is 0. The zero-order valence-electron chi connectivity index (χ0n) is 14.3. The van der Waals surface area contributed by atoms with Gasteiger partial charge in [-0.3, -0.25) is 19.7 Å². The van der Waals surface area contributed by atoms with E-state index < -0.39 is 16.1 Å². The molecule has 0 N–H and O–H groups in total. The lowest BCUT2D eigenvalue weighted by atomic mass is 10.3. The van der Waals surface area contributed by atoms with E-state index >= 15 is 0 Å². The van der Waals surface area contributed by atoms with Crippen molar-refractivity contribution in [2.45, 2.75) is 17.1 Å². The molecule has 1 amide bonds. The van der Waals surface area contributed by atoms with E-state index in [1.165, 1.54) is 28.8 Å². The normalized spacial score (nSPS) is 11.5. The number of ether oxygens (including phenoxy) is 1. The minimum atomic E-state index is -0.550. The molecule has 8 heteroatoms. The summed E-state index contributed by atoms with van der Waals surface area (Å²) >= 11 is 1.21. The molecule has 0 spiro atoms. The maximum Gasteiger partial charge on any atom is 0.319 e. The van der Waals surface area contributed by atoms with Crippen molar-refractivity contribution in [1.82, 2.24) is 0 Å². The molecule has 1 atom stereocenters. The average Bonchev–Trinajstić information content (AvgIpc) is 2.66. The van der Waals surface area contributed by atoms with Gasteiger partial charge in [0.25, 0.3) is 11.6 Å². The van der Waals surface area contributed by atoms with Crippen molar-refractivity contribution in [3.05, 3.63) is 64.7 Å². The van der Waals surface area contributed by atoms with Crippen molar-refractivity contribution in [1.29, 1.82) is 0 Å². The fourth-order valence-corrected chi connectivity index (χ4v) is 2.91. The third-order valence-electron chi connectivity index (χ3n) is 3.55. The molecule has 0 aromatic heterocycles. The number of anilines is 1. The van der Waals surface area contributed by atoms with Crippen molar-refractivity contribution < 1.29 is 19.2 Å². The van der Waals surface area contributed by atoms with Crippen molar-refractivity contribution >= 4 is 35.0 Å². The number of para-hydroxylation sites is 1. The molecule has 2 aromatic carbocycles. The van der Waals surface area contributed by atoms with Crippen LogP contribution >= 0.6 is 11.8 Å². The highest BCUT2D eigenvalue weighted by Crippen LogP contribution is 2.26. The molecule has 0 saturated carbocycles. The van der Waals surface area contributed by atoms with E-state index in [1.54, 1.807) is 38.2 Å². The Hall–Kier alpha value is -2.87. The lowest BCUT2D eigenvalue weighted by Gasteiger charge is -2.18. The van der Waals surface area contributed by atoms with Gasteiger partial charge in [0.15, 0.2) is 6.61 Å². The molecule has 0 aliphatic heterocycles. The number of nitrogens with zero attached hydrogens (tertiary/aromatic N) is 2. The summed E-state index contributed by atoms with van der Waals surface area (Å²) in [4.78, 5) is 36.4. The van der Waals surface area contributed by atoms with E-state index in [9.17, 15) is 19.7 Å². The Morgan fingerprint density at radius 3 is 2.35 bits per heavy atom. The number of hydrogen-bond acceptors (Lipinski definition) is 6. The van der Waals surface area contributed by atoms with Crippen molar-refractivity contribution in [3.8, 4) is 0 Å². The second-order valence-corrected chi connectivity index (χ2v) is 6.82. The minimum Gasteiger partial charge on any atom is -0.455 e. The smallest absolute Gasteiger partial charge is 0.319 e. The Morgan fingerprint density at radius 1 is 1.15 bits per heavy atom. The van der Waals surface area contributed by atoms with Crippen molar-refractivity contribution in [2.75, 3.05) is 18.6 Å². The molecule has 0 bridgehead atoms. The fourth-order valence-electron chi connectivity index (χ4n) is 2.04.